The Morgan fingerprint density at radius 1 is 0.980 bits per heavy atom. The normalized spacial score (nSPS) is 20.9. The van der Waals surface area contributed by atoms with Gasteiger partial charge >= 0.3 is 10.4 Å². The van der Waals surface area contributed by atoms with E-state index in [0.717, 1.165) is 28.8 Å². The van der Waals surface area contributed by atoms with E-state index in [-0.39, 0.29) is 24.8 Å². The number of fused-ring (bicyclic) bond motifs is 1. The van der Waals surface area contributed by atoms with Gasteiger partial charge in [-0.05, 0) is 61.9 Å². The van der Waals surface area contributed by atoms with Crippen molar-refractivity contribution in [2.75, 3.05) is 26.2 Å². The van der Waals surface area contributed by atoms with E-state index in [4.69, 9.17) is 17.5 Å². The van der Waals surface area contributed by atoms with Crippen LogP contribution in [0.3, 0.4) is 0 Å². The van der Waals surface area contributed by atoms with Crippen LogP contribution in [0, 0.1) is 5.92 Å². The molecule has 0 radical (unpaired) electrons. The van der Waals surface area contributed by atoms with Gasteiger partial charge < -0.3 is 20.8 Å². The Hall–Kier alpha value is -3.76. The second-order valence-corrected chi connectivity index (χ2v) is 14.9. The first-order chi connectivity index (χ1) is 23.6. The highest BCUT2D eigenvalue weighted by atomic mass is 32.3. The van der Waals surface area contributed by atoms with E-state index in [0.29, 0.717) is 32.5 Å². The van der Waals surface area contributed by atoms with Crippen LogP contribution in [-0.2, 0) is 39.4 Å². The van der Waals surface area contributed by atoms with Crippen molar-refractivity contribution < 1.29 is 37.3 Å². The molecule has 5 rings (SSSR count). The quantitative estimate of drug-likeness (QED) is 0.160. The zero-order chi connectivity index (χ0) is 36.5. The van der Waals surface area contributed by atoms with E-state index in [9.17, 15) is 19.8 Å². The maximum absolute atomic E-state index is 13.8. The Morgan fingerprint density at radius 3 is 2.30 bits per heavy atom. The van der Waals surface area contributed by atoms with Crippen LogP contribution < -0.4 is 10.6 Å². The number of nitrogens with zero attached hydrogens (tertiary/aromatic N) is 3. The highest BCUT2D eigenvalue weighted by Gasteiger charge is 2.37. The zero-order valence-electron chi connectivity index (χ0n) is 28.7. The third-order valence-corrected chi connectivity index (χ3v) is 8.70. The number of hydrogen-bond donors (Lipinski definition) is 6. The van der Waals surface area contributed by atoms with Crippen LogP contribution >= 0.6 is 0 Å². The number of carbonyl (C=O) groups is 2. The SMILES string of the molecule is CC(C)(C)NC(=O)[C@@H]1CN(Cc2cccnc2)CCN1C[C@@H](O)C[C@@H](Cc1ccccc1)C(=O)NC1c2ccccc2C[C@H]1O.O=S(=O)(O)O. The summed E-state index contributed by atoms with van der Waals surface area (Å²) >= 11 is 0. The Labute approximate surface area is 294 Å². The van der Waals surface area contributed by atoms with Gasteiger partial charge in [-0.15, -0.1) is 0 Å². The number of β-amino-alcohol motifs (C(OH)–C–C–N with tert-alkyl or cyclic N) is 1. The lowest BCUT2D eigenvalue weighted by molar-refractivity contribution is -0.132. The number of rotatable bonds is 11. The van der Waals surface area contributed by atoms with Crippen LogP contribution in [0.5, 0.6) is 0 Å². The van der Waals surface area contributed by atoms with Crippen LogP contribution in [-0.4, -0.2) is 104 Å². The third kappa shape index (κ3) is 12.5. The van der Waals surface area contributed by atoms with E-state index in [2.05, 4.69) is 25.4 Å². The molecule has 0 spiro atoms. The standard InChI is InChI=1S/C36H47N5O4.H2O4S/c1-36(2,3)39-35(45)31-24-40(22-26-12-9-15-37-21-26)16-17-41(31)23-29(42)19-28(18-25-10-5-4-6-11-25)34(44)38-33-30-14-8-7-13-27(30)20-32(33)43;1-5(2,3)4/h4-15,21,28-29,31-33,42-43H,16-20,22-24H2,1-3H3,(H,38,44)(H,39,45);(H2,1,2,3,4)/t28-,29+,31+,32-,33?;/m1./s1. The van der Waals surface area contributed by atoms with E-state index in [1.165, 1.54) is 0 Å². The second kappa shape index (κ2) is 17.4. The lowest BCUT2D eigenvalue weighted by atomic mass is 9.91. The second-order valence-electron chi connectivity index (χ2n) is 14.0. The van der Waals surface area contributed by atoms with Crippen LogP contribution in [0.25, 0.3) is 0 Å². The molecular formula is C36H49N5O8S. The Bertz CT molecular complexity index is 1650. The molecule has 5 atom stereocenters. The summed E-state index contributed by atoms with van der Waals surface area (Å²) in [6.45, 7) is 8.74. The van der Waals surface area contributed by atoms with E-state index in [1.807, 2.05) is 93.7 Å². The van der Waals surface area contributed by atoms with Gasteiger partial charge in [0.25, 0.3) is 0 Å². The third-order valence-electron chi connectivity index (χ3n) is 8.70. The number of benzene rings is 2. The number of carbonyl (C=O) groups excluding carboxylic acids is 2. The predicted octanol–water partition coefficient (Wildman–Crippen LogP) is 2.21. The van der Waals surface area contributed by atoms with Crippen molar-refractivity contribution in [1.82, 2.24) is 25.4 Å². The minimum atomic E-state index is -4.67. The van der Waals surface area contributed by atoms with Gasteiger partial charge in [0.2, 0.25) is 11.8 Å². The maximum Gasteiger partial charge on any atom is 0.394 e. The van der Waals surface area contributed by atoms with Crippen molar-refractivity contribution >= 4 is 22.2 Å². The van der Waals surface area contributed by atoms with E-state index >= 15 is 0 Å². The molecule has 1 fully saturated rings. The number of aliphatic hydroxyl groups is 2. The van der Waals surface area contributed by atoms with Crippen LogP contribution in [0.2, 0.25) is 0 Å². The number of amides is 2. The molecule has 6 N–H and O–H groups in total. The first-order valence-corrected chi connectivity index (χ1v) is 18.1. The van der Waals surface area contributed by atoms with Crippen molar-refractivity contribution in [3.63, 3.8) is 0 Å². The molecule has 13 nitrogen and oxygen atoms in total. The van der Waals surface area contributed by atoms with Crippen molar-refractivity contribution in [3.05, 3.63) is 101 Å². The molecule has 1 aromatic heterocycles. The molecule has 0 bridgehead atoms. The van der Waals surface area contributed by atoms with Gasteiger partial charge in [-0.3, -0.25) is 33.5 Å². The summed E-state index contributed by atoms with van der Waals surface area (Å²) in [5.74, 6) is -0.781. The Morgan fingerprint density at radius 2 is 1.64 bits per heavy atom. The van der Waals surface area contributed by atoms with Gasteiger partial charge in [0.1, 0.15) is 6.04 Å². The largest absolute Gasteiger partial charge is 0.394 e. The molecule has 2 aliphatic rings. The number of piperazine rings is 1. The fraction of sp³-hybridized carbons (Fsp3) is 0.472. The number of pyridine rings is 1. The molecule has 0 saturated carbocycles. The summed E-state index contributed by atoms with van der Waals surface area (Å²) in [5.41, 5.74) is 3.68. The summed E-state index contributed by atoms with van der Waals surface area (Å²) in [7, 11) is -4.67. The summed E-state index contributed by atoms with van der Waals surface area (Å²) in [6, 6.07) is 20.6. The monoisotopic (exact) mass is 711 g/mol. The fourth-order valence-electron chi connectivity index (χ4n) is 6.56. The van der Waals surface area contributed by atoms with E-state index < -0.39 is 46.1 Å². The summed E-state index contributed by atoms with van der Waals surface area (Å²) < 4.78 is 31.6. The highest BCUT2D eigenvalue weighted by Crippen LogP contribution is 2.32. The average Bonchev–Trinajstić information content (AvgIpc) is 3.35. The highest BCUT2D eigenvalue weighted by molar-refractivity contribution is 7.79. The first kappa shape index (κ1) is 39.0. The minimum absolute atomic E-state index is 0.0712. The van der Waals surface area contributed by atoms with Crippen LogP contribution in [0.15, 0.2) is 79.1 Å². The summed E-state index contributed by atoms with van der Waals surface area (Å²) in [6.07, 6.45) is 3.26. The molecule has 2 amide bonds. The molecule has 1 unspecified atom stereocenters. The molecule has 272 valence electrons. The van der Waals surface area contributed by atoms with Crippen molar-refractivity contribution in [2.45, 2.75) is 76.4 Å². The lowest BCUT2D eigenvalue weighted by Gasteiger charge is -2.42. The molecule has 1 aliphatic heterocycles. The van der Waals surface area contributed by atoms with Gasteiger partial charge in [-0.2, -0.15) is 8.42 Å². The van der Waals surface area contributed by atoms with Gasteiger partial charge in [-0.1, -0.05) is 60.7 Å². The molecule has 2 heterocycles. The molecule has 3 aromatic rings. The number of aliphatic hydroxyl groups excluding tert-OH is 2. The summed E-state index contributed by atoms with van der Waals surface area (Å²) in [5, 5.41) is 28.5. The molecule has 50 heavy (non-hydrogen) atoms. The van der Waals surface area contributed by atoms with E-state index in [1.54, 1.807) is 6.20 Å². The van der Waals surface area contributed by atoms with Gasteiger partial charge in [0.05, 0.1) is 18.2 Å². The van der Waals surface area contributed by atoms with Gasteiger partial charge in [0.15, 0.2) is 0 Å². The van der Waals surface area contributed by atoms with Crippen LogP contribution in [0.4, 0.5) is 0 Å². The lowest BCUT2D eigenvalue weighted by Crippen LogP contribution is -2.61. The Kier molecular flexibility index (Phi) is 13.6. The number of hydrogen-bond acceptors (Lipinski definition) is 9. The molecular weight excluding hydrogens is 662 g/mol. The first-order valence-electron chi connectivity index (χ1n) is 16.7. The molecule has 1 saturated heterocycles. The van der Waals surface area contributed by atoms with Gasteiger partial charge in [0, 0.05) is 63.0 Å². The maximum atomic E-state index is 13.8. The fourth-order valence-corrected chi connectivity index (χ4v) is 6.56. The van der Waals surface area contributed by atoms with Crippen molar-refractivity contribution in [1.29, 1.82) is 0 Å². The zero-order valence-corrected chi connectivity index (χ0v) is 29.5. The molecule has 2 aromatic carbocycles. The minimum Gasteiger partial charge on any atom is -0.392 e. The summed E-state index contributed by atoms with van der Waals surface area (Å²) in [4.78, 5) is 35.9. The topological polar surface area (TPSA) is 193 Å². The average molecular weight is 712 g/mol. The number of nitrogens with one attached hydrogen (secondary N) is 2. The predicted molar refractivity (Wildman–Crippen MR) is 188 cm³/mol. The van der Waals surface area contributed by atoms with Gasteiger partial charge in [-0.25, -0.2) is 0 Å². The molecule has 1 aliphatic carbocycles. The molecule has 14 heteroatoms. The Balaban J connectivity index is 0.00000105. The smallest absolute Gasteiger partial charge is 0.392 e. The van der Waals surface area contributed by atoms with Crippen LogP contribution in [0.1, 0.15) is 55.5 Å². The van der Waals surface area contributed by atoms with Crippen molar-refractivity contribution in [3.8, 4) is 0 Å². The number of aromatic nitrogens is 1. The van der Waals surface area contributed by atoms with Crippen molar-refractivity contribution in [2.24, 2.45) is 5.92 Å².